The average Bonchev–Trinajstić information content (AvgIpc) is 3.48. The molecule has 0 aliphatic carbocycles. The number of nitrogens with zero attached hydrogens (tertiary/aromatic N) is 7. The fraction of sp³-hybridized carbons (Fsp3) is 0.387. The molecule has 0 spiro atoms. The van der Waals surface area contributed by atoms with Gasteiger partial charge in [-0.2, -0.15) is 10.0 Å². The number of rotatable bonds is 4. The van der Waals surface area contributed by atoms with Crippen LogP contribution in [0.3, 0.4) is 0 Å². The summed E-state index contributed by atoms with van der Waals surface area (Å²) in [6.07, 6.45) is 2.03. The van der Waals surface area contributed by atoms with Gasteiger partial charge in [0.1, 0.15) is 5.57 Å². The summed E-state index contributed by atoms with van der Waals surface area (Å²) in [6, 6.07) is 6.29. The summed E-state index contributed by atoms with van der Waals surface area (Å²) < 4.78 is 11.2. The van der Waals surface area contributed by atoms with Gasteiger partial charge in [0.2, 0.25) is 5.96 Å². The van der Waals surface area contributed by atoms with Crippen LogP contribution in [0, 0.1) is 20.8 Å². The largest absolute Gasteiger partial charge is 0.463 e. The van der Waals surface area contributed by atoms with E-state index in [1.165, 1.54) is 11.3 Å². The molecule has 5 heterocycles. The molecule has 0 atom stereocenters. The SMILES string of the molecule is CC1=NC(N(c2nc(C)c3cc(C)c(C)cc3n2)N2C(=O)NC(=O)C(=C(c3ccco3)N3CCOCC3)C2=O)=NC(C)(C)C1. The molecule has 6 rings (SSSR count). The second-order valence-electron chi connectivity index (χ2n) is 11.8. The Balaban J connectivity index is 1.58. The van der Waals surface area contributed by atoms with Crippen molar-refractivity contribution in [3.63, 3.8) is 0 Å². The number of urea groups is 1. The summed E-state index contributed by atoms with van der Waals surface area (Å²) in [5, 5.41) is 5.19. The highest BCUT2D eigenvalue weighted by Gasteiger charge is 2.46. The maximum atomic E-state index is 14.6. The Hall–Kier alpha value is -4.91. The second-order valence-corrected chi connectivity index (χ2v) is 11.8. The number of carbonyl (C=O) groups excluding carboxylic acids is 3. The first kappa shape index (κ1) is 29.2. The van der Waals surface area contributed by atoms with Crippen molar-refractivity contribution < 1.29 is 23.5 Å². The summed E-state index contributed by atoms with van der Waals surface area (Å²) >= 11 is 0. The van der Waals surface area contributed by atoms with Crippen molar-refractivity contribution in [3.05, 3.63) is 58.7 Å². The molecule has 2 aromatic heterocycles. The number of aromatic nitrogens is 2. The molecule has 3 aliphatic rings. The Bertz CT molecular complexity index is 1780. The molecule has 0 saturated carbocycles. The normalized spacial score (nSPS) is 20.0. The number of aliphatic imine (C=N–C) groups is 2. The van der Waals surface area contributed by atoms with Gasteiger partial charge in [-0.3, -0.25) is 14.9 Å². The third-order valence-corrected chi connectivity index (χ3v) is 7.82. The van der Waals surface area contributed by atoms with E-state index in [4.69, 9.17) is 24.1 Å². The first-order chi connectivity index (χ1) is 20.9. The van der Waals surface area contributed by atoms with Crippen LogP contribution in [0.5, 0.6) is 0 Å². The minimum atomic E-state index is -0.982. The lowest BCUT2D eigenvalue weighted by Crippen LogP contribution is -2.63. The predicted molar refractivity (Wildman–Crippen MR) is 164 cm³/mol. The van der Waals surface area contributed by atoms with Crippen LogP contribution in [0.25, 0.3) is 16.6 Å². The number of morpholine rings is 1. The van der Waals surface area contributed by atoms with E-state index in [-0.39, 0.29) is 23.2 Å². The predicted octanol–water partition coefficient (Wildman–Crippen LogP) is 3.69. The lowest BCUT2D eigenvalue weighted by molar-refractivity contribution is -0.130. The number of guanidine groups is 1. The number of barbiturate groups is 1. The number of nitrogens with one attached hydrogen (secondary N) is 1. The molecule has 1 N–H and O–H groups in total. The molecule has 13 heteroatoms. The van der Waals surface area contributed by atoms with E-state index in [0.717, 1.165) is 27.2 Å². The highest BCUT2D eigenvalue weighted by atomic mass is 16.5. The summed E-state index contributed by atoms with van der Waals surface area (Å²) in [6.45, 7) is 13.2. The molecule has 2 fully saturated rings. The molecular formula is C31H34N8O5. The lowest BCUT2D eigenvalue weighted by atomic mass is 9.98. The van der Waals surface area contributed by atoms with Gasteiger partial charge in [0.15, 0.2) is 5.76 Å². The fourth-order valence-corrected chi connectivity index (χ4v) is 5.69. The van der Waals surface area contributed by atoms with E-state index in [9.17, 15) is 14.4 Å². The minimum absolute atomic E-state index is 0.00868. The number of ether oxygens (including phenoxy) is 1. The van der Waals surface area contributed by atoms with Gasteiger partial charge in [-0.05, 0) is 76.9 Å². The number of furan rings is 1. The minimum Gasteiger partial charge on any atom is -0.463 e. The molecule has 44 heavy (non-hydrogen) atoms. The van der Waals surface area contributed by atoms with E-state index in [0.29, 0.717) is 49.7 Å². The van der Waals surface area contributed by atoms with Crippen molar-refractivity contribution in [3.8, 4) is 0 Å². The first-order valence-electron chi connectivity index (χ1n) is 14.4. The molecule has 4 amide bonds. The molecular weight excluding hydrogens is 564 g/mol. The number of amides is 4. The van der Waals surface area contributed by atoms with Crippen molar-refractivity contribution in [2.75, 3.05) is 31.3 Å². The molecule has 13 nitrogen and oxygen atoms in total. The summed E-state index contributed by atoms with van der Waals surface area (Å²) in [5.41, 5.74) is 3.49. The second kappa shape index (κ2) is 11.0. The molecule has 3 aliphatic heterocycles. The van der Waals surface area contributed by atoms with E-state index in [1.54, 1.807) is 12.1 Å². The first-order valence-corrected chi connectivity index (χ1v) is 14.4. The summed E-state index contributed by atoms with van der Waals surface area (Å²) in [4.78, 5) is 62.6. The van der Waals surface area contributed by atoms with Gasteiger partial charge >= 0.3 is 6.03 Å². The maximum absolute atomic E-state index is 14.6. The number of hydrazine groups is 1. The zero-order valence-corrected chi connectivity index (χ0v) is 25.6. The van der Waals surface area contributed by atoms with E-state index in [2.05, 4.69) is 10.3 Å². The average molecular weight is 599 g/mol. The fourth-order valence-electron chi connectivity index (χ4n) is 5.69. The van der Waals surface area contributed by atoms with Gasteiger partial charge in [-0.1, -0.05) is 0 Å². The van der Waals surface area contributed by atoms with Crippen molar-refractivity contribution in [2.24, 2.45) is 9.98 Å². The van der Waals surface area contributed by atoms with Crippen LogP contribution in [0.2, 0.25) is 0 Å². The Morgan fingerprint density at radius 3 is 2.43 bits per heavy atom. The maximum Gasteiger partial charge on any atom is 0.351 e. The standard InChI is InChI=1S/C31H34N8O5/c1-17-14-21-20(4)33-28(34-22(21)15-18(17)2)39(29-32-19(3)16-31(5,6)36-29)38-27(41)24(26(40)35-30(38)42)25(23-8-7-11-44-23)37-9-12-43-13-10-37/h7-8,11,14-15H,9-10,12-13,16H2,1-6H3,(H,35,40,42). The summed E-state index contributed by atoms with van der Waals surface area (Å²) in [7, 11) is 0. The molecule has 3 aromatic rings. The van der Waals surface area contributed by atoms with Gasteiger partial charge in [0.25, 0.3) is 17.8 Å². The number of imide groups is 2. The topological polar surface area (TPSA) is 146 Å². The van der Waals surface area contributed by atoms with Crippen molar-refractivity contribution in [2.45, 2.75) is 53.5 Å². The van der Waals surface area contributed by atoms with Crippen LogP contribution in [0.1, 0.15) is 49.8 Å². The lowest BCUT2D eigenvalue weighted by Gasteiger charge is -2.38. The number of hydrogen-bond acceptors (Lipinski definition) is 11. The molecule has 1 aromatic carbocycles. The third kappa shape index (κ3) is 5.23. The molecule has 228 valence electrons. The van der Waals surface area contributed by atoms with Crippen LogP contribution >= 0.6 is 0 Å². The van der Waals surface area contributed by atoms with Gasteiger partial charge in [-0.25, -0.2) is 24.7 Å². The smallest absolute Gasteiger partial charge is 0.351 e. The zero-order chi connectivity index (χ0) is 31.3. The molecule has 0 bridgehead atoms. The highest BCUT2D eigenvalue weighted by Crippen LogP contribution is 2.32. The van der Waals surface area contributed by atoms with Gasteiger partial charge in [-0.15, -0.1) is 0 Å². The third-order valence-electron chi connectivity index (χ3n) is 7.82. The monoisotopic (exact) mass is 598 g/mol. The number of benzene rings is 1. The highest BCUT2D eigenvalue weighted by molar-refractivity contribution is 6.33. The van der Waals surface area contributed by atoms with Crippen LogP contribution < -0.4 is 10.3 Å². The number of carbonyl (C=O) groups is 3. The van der Waals surface area contributed by atoms with E-state index in [1.807, 2.05) is 58.6 Å². The molecule has 0 unspecified atom stereocenters. The Labute approximate surface area is 254 Å². The van der Waals surface area contributed by atoms with Crippen molar-refractivity contribution in [1.29, 1.82) is 0 Å². The van der Waals surface area contributed by atoms with Gasteiger partial charge in [0.05, 0.1) is 41.9 Å². The number of anilines is 1. The number of aryl methyl sites for hydroxylation is 3. The van der Waals surface area contributed by atoms with Crippen molar-refractivity contribution >= 4 is 52.1 Å². The van der Waals surface area contributed by atoms with Crippen LogP contribution in [-0.2, 0) is 14.3 Å². The Kier molecular flexibility index (Phi) is 7.28. The number of hydrogen-bond donors (Lipinski definition) is 1. The molecule has 2 saturated heterocycles. The van der Waals surface area contributed by atoms with E-state index < -0.39 is 23.4 Å². The van der Waals surface area contributed by atoms with Crippen LogP contribution in [0.15, 0.2) is 50.5 Å². The van der Waals surface area contributed by atoms with Crippen LogP contribution in [-0.4, -0.2) is 81.2 Å². The van der Waals surface area contributed by atoms with E-state index >= 15 is 0 Å². The van der Waals surface area contributed by atoms with Gasteiger partial charge in [0, 0.05) is 30.6 Å². The quantitative estimate of drug-likeness (QED) is 0.351. The van der Waals surface area contributed by atoms with Crippen LogP contribution in [0.4, 0.5) is 10.7 Å². The Morgan fingerprint density at radius 1 is 1.02 bits per heavy atom. The zero-order valence-electron chi connectivity index (χ0n) is 25.6. The van der Waals surface area contributed by atoms with Crippen molar-refractivity contribution in [1.82, 2.24) is 25.2 Å². The molecule has 0 radical (unpaired) electrons. The Morgan fingerprint density at radius 2 is 1.75 bits per heavy atom. The summed E-state index contributed by atoms with van der Waals surface area (Å²) in [5.74, 6) is -1.38. The number of fused-ring (bicyclic) bond motifs is 1. The van der Waals surface area contributed by atoms with Gasteiger partial charge < -0.3 is 14.1 Å².